The summed E-state index contributed by atoms with van der Waals surface area (Å²) in [6.07, 6.45) is 0. The Bertz CT molecular complexity index is 646. The number of halogens is 3. The van der Waals surface area contributed by atoms with Crippen LogP contribution in [0.25, 0.3) is 0 Å². The molecule has 18 heavy (non-hydrogen) atoms. The second-order valence-corrected chi connectivity index (χ2v) is 5.77. The highest BCUT2D eigenvalue weighted by Gasteiger charge is 2.49. The third-order valence-electron chi connectivity index (χ3n) is 1.60. The van der Waals surface area contributed by atoms with E-state index in [-0.39, 0.29) is 0 Å². The van der Waals surface area contributed by atoms with Crippen molar-refractivity contribution in [3.8, 4) is 5.75 Å². The summed E-state index contributed by atoms with van der Waals surface area (Å²) in [7, 11) is -11.2. The smallest absolute Gasteiger partial charge is 0.375 e. The average Bonchev–Trinajstić information content (AvgIpc) is 2.14. The van der Waals surface area contributed by atoms with Crippen LogP contribution in [-0.4, -0.2) is 22.3 Å². The van der Waals surface area contributed by atoms with Gasteiger partial charge in [0, 0.05) is 0 Å². The molecule has 0 aromatic heterocycles. The molecule has 0 heterocycles. The predicted octanol–water partition coefficient (Wildman–Crippen LogP) is 1.03. The molecule has 1 radical (unpaired) electrons. The normalized spacial score (nSPS) is 13.3. The first-order valence-electron chi connectivity index (χ1n) is 4.01. The second-order valence-electron chi connectivity index (χ2n) is 2.88. The van der Waals surface area contributed by atoms with E-state index in [0.29, 0.717) is 12.1 Å². The fraction of sp³-hybridized carbons (Fsp3) is 0.143. The van der Waals surface area contributed by atoms with E-state index in [4.69, 9.17) is 0 Å². The van der Waals surface area contributed by atoms with Gasteiger partial charge in [-0.25, -0.2) is 0 Å². The molecule has 1 aromatic carbocycles. The quantitative estimate of drug-likeness (QED) is 0.613. The minimum Gasteiger partial charge on any atom is -0.375 e. The lowest BCUT2D eigenvalue weighted by Gasteiger charge is -2.10. The van der Waals surface area contributed by atoms with Gasteiger partial charge < -0.3 is 4.18 Å². The largest absolute Gasteiger partial charge is 0.534 e. The van der Waals surface area contributed by atoms with Gasteiger partial charge >= 0.3 is 25.7 Å². The molecule has 6 nitrogen and oxygen atoms in total. The molecule has 0 saturated heterocycles. The third kappa shape index (κ3) is 3.11. The molecule has 0 aliphatic rings. The van der Waals surface area contributed by atoms with E-state index >= 15 is 0 Å². The molecule has 1 aromatic rings. The summed E-state index contributed by atoms with van der Waals surface area (Å²) in [6.45, 7) is 0. The summed E-state index contributed by atoms with van der Waals surface area (Å²) in [4.78, 5) is -1.20. The zero-order valence-corrected chi connectivity index (χ0v) is 9.84. The van der Waals surface area contributed by atoms with Gasteiger partial charge in [0.15, 0.2) is 5.75 Å². The average molecular weight is 305 g/mol. The molecule has 11 heteroatoms. The summed E-state index contributed by atoms with van der Waals surface area (Å²) in [5, 5.41) is 0. The Labute approximate surface area is 99.9 Å². The first-order valence-corrected chi connectivity index (χ1v) is 6.82. The molecule has 0 atom stereocenters. The van der Waals surface area contributed by atoms with E-state index in [0.717, 1.165) is 12.1 Å². The monoisotopic (exact) mass is 305 g/mol. The number of hydrogen-bond acceptors (Lipinski definition) is 5. The van der Waals surface area contributed by atoms with E-state index in [9.17, 15) is 34.6 Å². The molecule has 0 N–H and O–H groups in total. The van der Waals surface area contributed by atoms with Crippen molar-refractivity contribution in [2.75, 3.05) is 0 Å². The minimum absolute atomic E-state index is 0.619. The molecule has 0 aliphatic heterocycles. The Hall–Kier alpha value is -1.33. The Morgan fingerprint density at radius 2 is 1.50 bits per heavy atom. The van der Waals surface area contributed by atoms with Crippen molar-refractivity contribution in [3.05, 3.63) is 24.3 Å². The minimum atomic E-state index is -6.04. The fourth-order valence-corrected chi connectivity index (χ4v) is 2.02. The second kappa shape index (κ2) is 4.40. The number of benzene rings is 1. The van der Waals surface area contributed by atoms with Gasteiger partial charge in [-0.15, -0.1) is 0 Å². The molecule has 0 bridgehead atoms. The zero-order valence-electron chi connectivity index (χ0n) is 8.21. The number of alkyl halides is 3. The highest BCUT2D eigenvalue weighted by Crippen LogP contribution is 2.30. The lowest BCUT2D eigenvalue weighted by atomic mass is 10.3. The van der Waals surface area contributed by atoms with Crippen LogP contribution in [0.2, 0.25) is 0 Å². The molecule has 0 aliphatic carbocycles. The molecule has 1 rings (SSSR count). The number of para-hydroxylation sites is 1. The van der Waals surface area contributed by atoms with Gasteiger partial charge in [-0.1, -0.05) is 16.7 Å². The molecule has 0 unspecified atom stereocenters. The van der Waals surface area contributed by atoms with Gasteiger partial charge in [-0.05, 0) is 12.1 Å². The number of rotatable bonds is 3. The summed E-state index contributed by atoms with van der Waals surface area (Å²) in [6, 6.07) is 3.28. The van der Waals surface area contributed by atoms with Gasteiger partial charge in [0.05, 0.1) is 0 Å². The lowest BCUT2D eigenvalue weighted by Crippen LogP contribution is -2.28. The summed E-state index contributed by atoms with van der Waals surface area (Å²) in [5.41, 5.74) is -5.73. The van der Waals surface area contributed by atoms with Crippen LogP contribution < -0.4 is 4.18 Å². The predicted molar refractivity (Wildman–Crippen MR) is 49.9 cm³/mol. The Morgan fingerprint density at radius 3 is 1.94 bits per heavy atom. The van der Waals surface area contributed by atoms with Crippen molar-refractivity contribution in [1.82, 2.24) is 0 Å². The van der Waals surface area contributed by atoms with Gasteiger partial charge in [0.2, 0.25) is 0 Å². The molecule has 0 amide bonds. The van der Waals surface area contributed by atoms with Crippen LogP contribution in [0, 0.1) is 0 Å². The zero-order chi connectivity index (χ0) is 14.2. The van der Waals surface area contributed by atoms with Crippen molar-refractivity contribution >= 4 is 20.2 Å². The van der Waals surface area contributed by atoms with Crippen LogP contribution in [0.5, 0.6) is 5.75 Å². The maximum absolute atomic E-state index is 12.0. The lowest BCUT2D eigenvalue weighted by molar-refractivity contribution is -0.0501. The SMILES string of the molecule is [O]S(=O)(=O)c1ccccc1OS(=O)(=O)C(F)(F)F. The van der Waals surface area contributed by atoms with Gasteiger partial charge in [-0.3, -0.25) is 0 Å². The van der Waals surface area contributed by atoms with Gasteiger partial charge in [-0.2, -0.15) is 30.0 Å². The first-order chi connectivity index (χ1) is 7.95. The highest BCUT2D eigenvalue weighted by atomic mass is 32.2. The molecule has 0 spiro atoms. The highest BCUT2D eigenvalue weighted by molar-refractivity contribution is 7.88. The molecule has 0 saturated carbocycles. The topological polar surface area (TPSA) is 97.4 Å². The summed E-state index contributed by atoms with van der Waals surface area (Å²) >= 11 is 0. The van der Waals surface area contributed by atoms with Crippen LogP contribution in [-0.2, 0) is 24.8 Å². The van der Waals surface area contributed by atoms with Crippen LogP contribution in [0.15, 0.2) is 29.2 Å². The maximum atomic E-state index is 12.0. The van der Waals surface area contributed by atoms with Crippen molar-refractivity contribution in [2.24, 2.45) is 0 Å². The molecule has 101 valence electrons. The van der Waals surface area contributed by atoms with E-state index < -0.39 is 36.4 Å². The van der Waals surface area contributed by atoms with Gasteiger partial charge in [0.25, 0.3) is 0 Å². The van der Waals surface area contributed by atoms with Crippen molar-refractivity contribution in [3.63, 3.8) is 0 Å². The van der Waals surface area contributed by atoms with Crippen LogP contribution in [0.4, 0.5) is 13.2 Å². The Balaban J connectivity index is 3.31. The van der Waals surface area contributed by atoms with E-state index in [2.05, 4.69) is 4.18 Å². The Kier molecular flexibility index (Phi) is 3.60. The third-order valence-corrected chi connectivity index (χ3v) is 3.44. The van der Waals surface area contributed by atoms with E-state index in [1.807, 2.05) is 0 Å². The van der Waals surface area contributed by atoms with Crippen LogP contribution >= 0.6 is 0 Å². The van der Waals surface area contributed by atoms with Crippen molar-refractivity contribution in [1.29, 1.82) is 0 Å². The maximum Gasteiger partial charge on any atom is 0.534 e. The molecular weight excluding hydrogens is 301 g/mol. The Morgan fingerprint density at radius 1 is 1.00 bits per heavy atom. The summed E-state index contributed by atoms with van der Waals surface area (Å²) < 4.78 is 93.0. The number of hydrogen-bond donors (Lipinski definition) is 0. The standard InChI is InChI=1S/C7H4F3O6S2/c8-7(9,10)18(14,15)16-5-3-1-2-4-6(5)17(11,12)13/h1-4H. The van der Waals surface area contributed by atoms with E-state index in [1.165, 1.54) is 0 Å². The van der Waals surface area contributed by atoms with Crippen LogP contribution in [0.3, 0.4) is 0 Å². The van der Waals surface area contributed by atoms with Crippen molar-refractivity contribution in [2.45, 2.75) is 10.4 Å². The van der Waals surface area contributed by atoms with E-state index in [1.54, 1.807) is 0 Å². The van der Waals surface area contributed by atoms with Crippen LogP contribution in [0.1, 0.15) is 0 Å². The summed E-state index contributed by atoms with van der Waals surface area (Å²) in [5.74, 6) is -1.20. The van der Waals surface area contributed by atoms with Crippen molar-refractivity contribution < 1.29 is 38.7 Å². The molecular formula is C7H4F3O6S2. The first kappa shape index (κ1) is 14.7. The van der Waals surface area contributed by atoms with Gasteiger partial charge in [0.1, 0.15) is 4.90 Å². The fourth-order valence-electron chi connectivity index (χ4n) is 0.891. The molecule has 0 fully saturated rings.